The zero-order valence-corrected chi connectivity index (χ0v) is 11.0. The molecular weight excluding hydrogens is 234 g/mol. The van der Waals surface area contributed by atoms with E-state index in [2.05, 4.69) is 0 Å². The highest BCUT2D eigenvalue weighted by molar-refractivity contribution is 7.85. The fraction of sp³-hybridized carbons (Fsp3) is 0.538. The van der Waals surface area contributed by atoms with Crippen molar-refractivity contribution in [3.8, 4) is 0 Å². The second kappa shape index (κ2) is 5.65. The van der Waals surface area contributed by atoms with Gasteiger partial charge in [-0.05, 0) is 43.4 Å². The Bertz CT molecular complexity index is 414. The van der Waals surface area contributed by atoms with E-state index in [-0.39, 0.29) is 0 Å². The highest BCUT2D eigenvalue weighted by atomic mass is 32.2. The van der Waals surface area contributed by atoms with Gasteiger partial charge in [0.2, 0.25) is 0 Å². The second-order valence-electron chi connectivity index (χ2n) is 4.59. The van der Waals surface area contributed by atoms with Crippen molar-refractivity contribution in [1.82, 2.24) is 0 Å². The number of ether oxygens (including phenoxy) is 1. The maximum absolute atomic E-state index is 12.3. The molecule has 1 fully saturated rings. The summed E-state index contributed by atoms with van der Waals surface area (Å²) in [5.74, 6) is 1.25. The summed E-state index contributed by atoms with van der Waals surface area (Å²) in [4.78, 5) is 0.886. The van der Waals surface area contributed by atoms with Crippen LogP contribution < -0.4 is 5.73 Å². The standard InChI is InChI=1S/C13H19NO2S/c1-10-2-3-12(14)8-13(10)17(15)9-11-4-6-16-7-5-11/h2-3,8,11H,4-7,9,14H2,1H3. The van der Waals surface area contributed by atoms with Gasteiger partial charge in [0.15, 0.2) is 0 Å². The first kappa shape index (κ1) is 12.6. The number of nitrogens with two attached hydrogens (primary N) is 1. The topological polar surface area (TPSA) is 52.3 Å². The number of benzene rings is 1. The van der Waals surface area contributed by atoms with Crippen LogP contribution in [-0.4, -0.2) is 23.2 Å². The Morgan fingerprint density at radius 3 is 2.82 bits per heavy atom. The molecule has 1 aliphatic heterocycles. The minimum atomic E-state index is -0.938. The first-order valence-corrected chi connectivity index (χ1v) is 7.31. The minimum Gasteiger partial charge on any atom is -0.399 e. The van der Waals surface area contributed by atoms with Crippen LogP contribution in [0.4, 0.5) is 5.69 Å². The maximum Gasteiger partial charge on any atom is 0.0535 e. The van der Waals surface area contributed by atoms with E-state index >= 15 is 0 Å². The van der Waals surface area contributed by atoms with Crippen LogP contribution in [0.2, 0.25) is 0 Å². The average molecular weight is 253 g/mol. The molecule has 2 rings (SSSR count). The van der Waals surface area contributed by atoms with Gasteiger partial charge in [0.1, 0.15) is 0 Å². The first-order chi connectivity index (χ1) is 8.16. The van der Waals surface area contributed by atoms with Crippen molar-refractivity contribution in [1.29, 1.82) is 0 Å². The zero-order valence-electron chi connectivity index (χ0n) is 10.1. The maximum atomic E-state index is 12.3. The molecule has 1 saturated heterocycles. The van der Waals surface area contributed by atoms with Crippen LogP contribution in [0.1, 0.15) is 18.4 Å². The third kappa shape index (κ3) is 3.30. The summed E-state index contributed by atoms with van der Waals surface area (Å²) in [6, 6.07) is 5.63. The van der Waals surface area contributed by atoms with Gasteiger partial charge in [-0.2, -0.15) is 0 Å². The van der Waals surface area contributed by atoms with Crippen molar-refractivity contribution >= 4 is 16.5 Å². The van der Waals surface area contributed by atoms with Crippen LogP contribution in [0.25, 0.3) is 0 Å². The Hall–Kier alpha value is -0.870. The average Bonchev–Trinajstić information content (AvgIpc) is 2.33. The summed E-state index contributed by atoms with van der Waals surface area (Å²) < 4.78 is 17.6. The molecule has 0 amide bonds. The summed E-state index contributed by atoms with van der Waals surface area (Å²) in [6.45, 7) is 3.59. The van der Waals surface area contributed by atoms with Crippen molar-refractivity contribution in [3.05, 3.63) is 23.8 Å². The fourth-order valence-electron chi connectivity index (χ4n) is 2.08. The normalized spacial score (nSPS) is 19.1. The van der Waals surface area contributed by atoms with Crippen LogP contribution in [0, 0.1) is 12.8 Å². The van der Waals surface area contributed by atoms with Crippen molar-refractivity contribution in [3.63, 3.8) is 0 Å². The first-order valence-electron chi connectivity index (χ1n) is 5.99. The second-order valence-corrected chi connectivity index (χ2v) is 6.06. The van der Waals surface area contributed by atoms with Gasteiger partial charge in [-0.25, -0.2) is 0 Å². The number of nitrogen functional groups attached to an aromatic ring is 1. The quantitative estimate of drug-likeness (QED) is 0.839. The third-order valence-electron chi connectivity index (χ3n) is 3.19. The number of anilines is 1. The largest absolute Gasteiger partial charge is 0.399 e. The van der Waals surface area contributed by atoms with Crippen LogP contribution in [0.15, 0.2) is 23.1 Å². The number of hydrogen-bond donors (Lipinski definition) is 1. The molecule has 94 valence electrons. The lowest BCUT2D eigenvalue weighted by Gasteiger charge is -2.21. The lowest BCUT2D eigenvalue weighted by atomic mass is 10.0. The molecule has 0 bridgehead atoms. The monoisotopic (exact) mass is 253 g/mol. The van der Waals surface area contributed by atoms with Gasteiger partial charge < -0.3 is 10.5 Å². The van der Waals surface area contributed by atoms with Crippen molar-refractivity contribution in [2.45, 2.75) is 24.7 Å². The van der Waals surface area contributed by atoms with Crippen LogP contribution in [0.5, 0.6) is 0 Å². The van der Waals surface area contributed by atoms with E-state index in [0.29, 0.717) is 11.6 Å². The van der Waals surface area contributed by atoms with Crippen LogP contribution >= 0.6 is 0 Å². The van der Waals surface area contributed by atoms with Gasteiger partial charge in [0, 0.05) is 29.5 Å². The minimum absolute atomic E-state index is 0.519. The molecule has 4 heteroatoms. The van der Waals surface area contributed by atoms with E-state index < -0.39 is 10.8 Å². The zero-order chi connectivity index (χ0) is 12.3. The molecule has 17 heavy (non-hydrogen) atoms. The number of rotatable bonds is 3. The highest BCUT2D eigenvalue weighted by Gasteiger charge is 2.18. The SMILES string of the molecule is Cc1ccc(N)cc1S(=O)CC1CCOCC1. The summed E-state index contributed by atoms with van der Waals surface area (Å²) in [6.07, 6.45) is 2.04. The van der Waals surface area contributed by atoms with E-state index in [1.54, 1.807) is 0 Å². The van der Waals surface area contributed by atoms with Crippen molar-refractivity contribution in [2.75, 3.05) is 24.7 Å². The molecule has 3 nitrogen and oxygen atoms in total. The molecular formula is C13H19NO2S. The lowest BCUT2D eigenvalue weighted by Crippen LogP contribution is -2.21. The van der Waals surface area contributed by atoms with E-state index in [1.165, 1.54) is 0 Å². The molecule has 0 aromatic heterocycles. The van der Waals surface area contributed by atoms with Crippen molar-refractivity contribution in [2.24, 2.45) is 5.92 Å². The Labute approximate surface area is 105 Å². The Kier molecular flexibility index (Phi) is 4.18. The summed E-state index contributed by atoms with van der Waals surface area (Å²) >= 11 is 0. The van der Waals surface area contributed by atoms with E-state index in [1.807, 2.05) is 25.1 Å². The van der Waals surface area contributed by atoms with Crippen LogP contribution in [-0.2, 0) is 15.5 Å². The van der Waals surface area contributed by atoms with Gasteiger partial charge >= 0.3 is 0 Å². The lowest BCUT2D eigenvalue weighted by molar-refractivity contribution is 0.0725. The molecule has 0 radical (unpaired) electrons. The predicted octanol–water partition coefficient (Wildman–Crippen LogP) is 2.11. The molecule has 0 saturated carbocycles. The third-order valence-corrected chi connectivity index (χ3v) is 4.89. The van der Waals surface area contributed by atoms with Gasteiger partial charge in [0.25, 0.3) is 0 Å². The molecule has 0 aliphatic carbocycles. The van der Waals surface area contributed by atoms with Crippen LogP contribution in [0.3, 0.4) is 0 Å². The van der Waals surface area contributed by atoms with Crippen molar-refractivity contribution < 1.29 is 8.95 Å². The molecule has 1 heterocycles. The Morgan fingerprint density at radius 2 is 2.12 bits per heavy atom. The summed E-state index contributed by atoms with van der Waals surface area (Å²) in [7, 11) is -0.938. The molecule has 2 N–H and O–H groups in total. The van der Waals surface area contributed by atoms with E-state index in [4.69, 9.17) is 10.5 Å². The molecule has 1 aliphatic rings. The number of hydrogen-bond acceptors (Lipinski definition) is 3. The number of aryl methyl sites for hydroxylation is 1. The fourth-order valence-corrected chi connectivity index (χ4v) is 3.71. The van der Waals surface area contributed by atoms with Gasteiger partial charge in [-0.1, -0.05) is 6.07 Å². The Balaban J connectivity index is 2.05. The van der Waals surface area contributed by atoms with Gasteiger partial charge in [-0.3, -0.25) is 4.21 Å². The Morgan fingerprint density at radius 1 is 1.41 bits per heavy atom. The molecule has 1 aromatic carbocycles. The van der Waals surface area contributed by atoms with Gasteiger partial charge in [0.05, 0.1) is 10.8 Å². The smallest absolute Gasteiger partial charge is 0.0535 e. The molecule has 1 unspecified atom stereocenters. The highest BCUT2D eigenvalue weighted by Crippen LogP contribution is 2.22. The molecule has 0 spiro atoms. The summed E-state index contributed by atoms with van der Waals surface area (Å²) in [5.41, 5.74) is 7.49. The van der Waals surface area contributed by atoms with E-state index in [0.717, 1.165) is 42.3 Å². The van der Waals surface area contributed by atoms with Gasteiger partial charge in [-0.15, -0.1) is 0 Å². The summed E-state index contributed by atoms with van der Waals surface area (Å²) in [5, 5.41) is 0. The van der Waals surface area contributed by atoms with E-state index in [9.17, 15) is 4.21 Å². The molecule has 1 atom stereocenters. The predicted molar refractivity (Wildman–Crippen MR) is 70.4 cm³/mol. The molecule has 1 aromatic rings.